The van der Waals surface area contributed by atoms with Gasteiger partial charge in [-0.25, -0.2) is 4.79 Å². The second kappa shape index (κ2) is 10.5. The fourth-order valence-corrected chi connectivity index (χ4v) is 4.34. The second-order valence-electron chi connectivity index (χ2n) is 7.63. The Bertz CT molecular complexity index is 990. The van der Waals surface area contributed by atoms with Gasteiger partial charge in [-0.05, 0) is 44.5 Å². The lowest BCUT2D eigenvalue weighted by Gasteiger charge is -2.42. The molecular weight excluding hydrogens is 436 g/mol. The van der Waals surface area contributed by atoms with Crippen molar-refractivity contribution in [3.8, 4) is 0 Å². The third-order valence-electron chi connectivity index (χ3n) is 5.04. The number of rotatable bonds is 8. The first kappa shape index (κ1) is 24.3. The summed E-state index contributed by atoms with van der Waals surface area (Å²) in [6, 6.07) is 14.3. The monoisotopic (exact) mass is 464 g/mol. The molecule has 0 aromatic heterocycles. The summed E-state index contributed by atoms with van der Waals surface area (Å²) >= 11 is 0. The average Bonchev–Trinajstić information content (AvgIpc) is 2.78. The molecule has 32 heavy (non-hydrogen) atoms. The predicted octanol–water partition coefficient (Wildman–Crippen LogP) is 2.83. The standard InChI is InChI=1S/C23H28O8S/c1-4-14-28-23-21(31-32(26,27)18-12-10-15(2)11-13-18)20(19(24)16(3)29-23)30-22(25)17-8-6-5-7-9-17/h5-13,16,19-21,23-24H,4,14H2,1-3H3/t16-,19-,20+,21+,23-/m0/s1. The molecule has 0 bridgehead atoms. The van der Waals surface area contributed by atoms with Crippen LogP contribution in [0.3, 0.4) is 0 Å². The van der Waals surface area contributed by atoms with E-state index in [2.05, 4.69) is 0 Å². The van der Waals surface area contributed by atoms with Gasteiger partial charge in [0, 0.05) is 6.61 Å². The molecule has 1 fully saturated rings. The molecule has 5 atom stereocenters. The van der Waals surface area contributed by atoms with Crippen LogP contribution in [0, 0.1) is 6.92 Å². The van der Waals surface area contributed by atoms with E-state index in [1.807, 2.05) is 13.8 Å². The van der Waals surface area contributed by atoms with Crippen molar-refractivity contribution in [2.45, 2.75) is 62.8 Å². The van der Waals surface area contributed by atoms with Gasteiger partial charge in [-0.1, -0.05) is 42.8 Å². The molecule has 0 aliphatic carbocycles. The van der Waals surface area contributed by atoms with E-state index in [-0.39, 0.29) is 17.1 Å². The lowest BCUT2D eigenvalue weighted by atomic mass is 9.99. The molecule has 2 aromatic rings. The number of esters is 1. The van der Waals surface area contributed by atoms with E-state index in [0.717, 1.165) is 5.56 Å². The largest absolute Gasteiger partial charge is 0.453 e. The van der Waals surface area contributed by atoms with Crippen molar-refractivity contribution in [1.82, 2.24) is 0 Å². The Balaban J connectivity index is 1.92. The van der Waals surface area contributed by atoms with Crippen LogP contribution in [0.25, 0.3) is 0 Å². The maximum Gasteiger partial charge on any atom is 0.338 e. The fraction of sp³-hybridized carbons (Fsp3) is 0.435. The van der Waals surface area contributed by atoms with E-state index in [1.165, 1.54) is 12.1 Å². The second-order valence-corrected chi connectivity index (χ2v) is 9.21. The SMILES string of the molecule is CCCO[C@H]1O[C@@H](C)[C@H](O)[C@@H](OC(=O)c2ccccc2)[C@H]1OS(=O)(=O)c1ccc(C)cc1. The third kappa shape index (κ3) is 5.73. The first-order chi connectivity index (χ1) is 15.2. The zero-order valence-electron chi connectivity index (χ0n) is 18.2. The minimum atomic E-state index is -4.27. The van der Waals surface area contributed by atoms with Crippen molar-refractivity contribution in [2.24, 2.45) is 0 Å². The zero-order chi connectivity index (χ0) is 23.3. The predicted molar refractivity (Wildman–Crippen MR) is 115 cm³/mol. The van der Waals surface area contributed by atoms with Crippen molar-refractivity contribution in [3.05, 3.63) is 65.7 Å². The van der Waals surface area contributed by atoms with E-state index >= 15 is 0 Å². The number of aliphatic hydroxyl groups is 1. The average molecular weight is 465 g/mol. The molecule has 174 valence electrons. The Morgan fingerprint density at radius 3 is 2.34 bits per heavy atom. The summed E-state index contributed by atoms with van der Waals surface area (Å²) < 4.78 is 48.3. The summed E-state index contributed by atoms with van der Waals surface area (Å²) in [7, 11) is -4.27. The highest BCUT2D eigenvalue weighted by molar-refractivity contribution is 7.86. The summed E-state index contributed by atoms with van der Waals surface area (Å²) in [5.74, 6) is -0.723. The summed E-state index contributed by atoms with van der Waals surface area (Å²) in [5, 5.41) is 10.7. The number of carbonyl (C=O) groups excluding carboxylic acids is 1. The van der Waals surface area contributed by atoms with Crippen LogP contribution in [-0.4, -0.2) is 56.8 Å². The molecule has 0 spiro atoms. The Kier molecular flexibility index (Phi) is 8.02. The first-order valence-electron chi connectivity index (χ1n) is 10.4. The van der Waals surface area contributed by atoms with Gasteiger partial charge in [0.1, 0.15) is 6.10 Å². The molecule has 1 saturated heterocycles. The van der Waals surface area contributed by atoms with Crippen molar-refractivity contribution >= 4 is 16.1 Å². The molecule has 1 heterocycles. The summed E-state index contributed by atoms with van der Waals surface area (Å²) in [6.07, 6.45) is -5.39. The van der Waals surface area contributed by atoms with Gasteiger partial charge < -0.3 is 19.3 Å². The highest BCUT2D eigenvalue weighted by atomic mass is 32.2. The molecule has 1 aliphatic rings. The van der Waals surface area contributed by atoms with Gasteiger partial charge in [0.25, 0.3) is 10.1 Å². The van der Waals surface area contributed by atoms with Crippen LogP contribution < -0.4 is 0 Å². The summed E-state index contributed by atoms with van der Waals surface area (Å²) in [6.45, 7) is 5.56. The quantitative estimate of drug-likeness (QED) is 0.469. The third-order valence-corrected chi connectivity index (χ3v) is 6.37. The van der Waals surface area contributed by atoms with E-state index in [0.29, 0.717) is 6.42 Å². The molecule has 0 amide bonds. The van der Waals surface area contributed by atoms with Gasteiger partial charge in [0.2, 0.25) is 0 Å². The molecule has 1 N–H and O–H groups in total. The van der Waals surface area contributed by atoms with Gasteiger partial charge in [-0.2, -0.15) is 8.42 Å². The Morgan fingerprint density at radius 2 is 1.72 bits per heavy atom. The molecule has 2 aromatic carbocycles. The topological polar surface area (TPSA) is 108 Å². The molecule has 9 heteroatoms. The minimum absolute atomic E-state index is 0.0708. The Morgan fingerprint density at radius 1 is 1.06 bits per heavy atom. The first-order valence-corrected chi connectivity index (χ1v) is 11.8. The smallest absolute Gasteiger partial charge is 0.338 e. The minimum Gasteiger partial charge on any atom is -0.453 e. The molecule has 8 nitrogen and oxygen atoms in total. The van der Waals surface area contributed by atoms with Crippen molar-refractivity contribution in [1.29, 1.82) is 0 Å². The van der Waals surface area contributed by atoms with Gasteiger partial charge in [-0.15, -0.1) is 0 Å². The highest BCUT2D eigenvalue weighted by Gasteiger charge is 2.49. The lowest BCUT2D eigenvalue weighted by molar-refractivity contribution is -0.285. The molecule has 0 unspecified atom stereocenters. The van der Waals surface area contributed by atoms with Crippen LogP contribution in [0.5, 0.6) is 0 Å². The van der Waals surface area contributed by atoms with E-state index in [1.54, 1.807) is 49.4 Å². The van der Waals surface area contributed by atoms with E-state index in [9.17, 15) is 18.3 Å². The molecule has 1 aliphatic heterocycles. The number of carbonyl (C=O) groups is 1. The van der Waals surface area contributed by atoms with Crippen molar-refractivity contribution in [3.63, 3.8) is 0 Å². The van der Waals surface area contributed by atoms with E-state index in [4.69, 9.17) is 18.4 Å². The number of aliphatic hydroxyl groups excluding tert-OH is 1. The van der Waals surface area contributed by atoms with Crippen LogP contribution in [0.2, 0.25) is 0 Å². The van der Waals surface area contributed by atoms with Crippen molar-refractivity contribution in [2.75, 3.05) is 6.61 Å². The number of benzene rings is 2. The number of hydrogen-bond donors (Lipinski definition) is 1. The van der Waals surface area contributed by atoms with Gasteiger partial charge in [0.05, 0.1) is 16.6 Å². The van der Waals surface area contributed by atoms with E-state index < -0.39 is 46.8 Å². The molecule has 0 radical (unpaired) electrons. The van der Waals surface area contributed by atoms with Crippen LogP contribution in [0.4, 0.5) is 0 Å². The maximum absolute atomic E-state index is 13.0. The van der Waals surface area contributed by atoms with Crippen LogP contribution in [0.1, 0.15) is 36.2 Å². The number of aryl methyl sites for hydroxylation is 1. The maximum atomic E-state index is 13.0. The molecular formula is C23H28O8S. The molecule has 3 rings (SSSR count). The normalized spacial score (nSPS) is 25.9. The zero-order valence-corrected chi connectivity index (χ0v) is 19.0. The van der Waals surface area contributed by atoms with Gasteiger partial charge >= 0.3 is 5.97 Å². The van der Waals surface area contributed by atoms with Crippen molar-refractivity contribution < 1.29 is 36.7 Å². The fourth-order valence-electron chi connectivity index (χ4n) is 3.26. The number of ether oxygens (including phenoxy) is 3. The Hall–Kier alpha value is -2.30. The summed E-state index contributed by atoms with van der Waals surface area (Å²) in [4.78, 5) is 12.6. The van der Waals surface area contributed by atoms with Gasteiger partial charge in [0.15, 0.2) is 18.5 Å². The van der Waals surface area contributed by atoms with Gasteiger partial charge in [-0.3, -0.25) is 4.18 Å². The van der Waals surface area contributed by atoms with Crippen LogP contribution in [-0.2, 0) is 28.5 Å². The lowest BCUT2D eigenvalue weighted by Crippen LogP contribution is -2.60. The molecule has 0 saturated carbocycles. The number of hydrogen-bond acceptors (Lipinski definition) is 8. The Labute approximate surface area is 188 Å². The van der Waals surface area contributed by atoms with Crippen LogP contribution >= 0.6 is 0 Å². The highest BCUT2D eigenvalue weighted by Crippen LogP contribution is 2.30. The van der Waals surface area contributed by atoms with Crippen LogP contribution in [0.15, 0.2) is 59.5 Å². The summed E-state index contributed by atoms with van der Waals surface area (Å²) in [5.41, 5.74) is 1.14.